The van der Waals surface area contributed by atoms with Crippen molar-refractivity contribution in [2.75, 3.05) is 20.1 Å². The molecule has 2 heterocycles. The van der Waals surface area contributed by atoms with Gasteiger partial charge in [-0.3, -0.25) is 4.90 Å². The molecule has 1 saturated heterocycles. The van der Waals surface area contributed by atoms with E-state index in [2.05, 4.69) is 33.9 Å². The van der Waals surface area contributed by atoms with Gasteiger partial charge in [-0.2, -0.15) is 0 Å². The van der Waals surface area contributed by atoms with Gasteiger partial charge >= 0.3 is 0 Å². The number of nitrogens with one attached hydrogen (secondary N) is 1. The summed E-state index contributed by atoms with van der Waals surface area (Å²) in [6, 6.07) is 0.716. The molecule has 0 saturated carbocycles. The van der Waals surface area contributed by atoms with Crippen LogP contribution in [0, 0.1) is 0 Å². The zero-order chi connectivity index (χ0) is 10.7. The Hall–Kier alpha value is -0.580. The van der Waals surface area contributed by atoms with Crippen LogP contribution in [0.3, 0.4) is 0 Å². The minimum absolute atomic E-state index is 0. The van der Waals surface area contributed by atoms with Gasteiger partial charge in [0.05, 0.1) is 12.0 Å². The summed E-state index contributed by atoms with van der Waals surface area (Å²) < 4.78 is 2.10. The van der Waals surface area contributed by atoms with Crippen molar-refractivity contribution in [2.24, 2.45) is 7.05 Å². The van der Waals surface area contributed by atoms with Crippen molar-refractivity contribution in [2.45, 2.75) is 25.4 Å². The van der Waals surface area contributed by atoms with Crippen LogP contribution in [0.2, 0.25) is 0 Å². The molecule has 0 atom stereocenters. The van der Waals surface area contributed by atoms with E-state index < -0.39 is 0 Å². The van der Waals surface area contributed by atoms with Crippen molar-refractivity contribution in [1.29, 1.82) is 0 Å². The van der Waals surface area contributed by atoms with E-state index >= 15 is 0 Å². The fourth-order valence-corrected chi connectivity index (χ4v) is 2.15. The monoisotopic (exact) mass is 244 g/mol. The molecule has 1 aliphatic heterocycles. The van der Waals surface area contributed by atoms with E-state index in [-0.39, 0.29) is 12.4 Å². The van der Waals surface area contributed by atoms with Crippen LogP contribution in [0.15, 0.2) is 12.5 Å². The average molecular weight is 245 g/mol. The molecule has 16 heavy (non-hydrogen) atoms. The summed E-state index contributed by atoms with van der Waals surface area (Å²) >= 11 is 0. The second-order valence-corrected chi connectivity index (χ2v) is 4.33. The van der Waals surface area contributed by atoms with Crippen molar-refractivity contribution >= 4 is 12.4 Å². The van der Waals surface area contributed by atoms with Gasteiger partial charge in [0.2, 0.25) is 0 Å². The second kappa shape index (κ2) is 6.23. The summed E-state index contributed by atoms with van der Waals surface area (Å²) in [5.74, 6) is 0. The van der Waals surface area contributed by atoms with E-state index in [9.17, 15) is 0 Å². The summed E-state index contributed by atoms with van der Waals surface area (Å²) in [7, 11) is 4.12. The number of piperidine rings is 1. The van der Waals surface area contributed by atoms with Gasteiger partial charge in [0.25, 0.3) is 0 Å². The molecule has 2 rings (SSSR count). The van der Waals surface area contributed by atoms with Gasteiger partial charge in [-0.05, 0) is 19.9 Å². The molecule has 92 valence electrons. The van der Waals surface area contributed by atoms with Gasteiger partial charge in [-0.25, -0.2) is 4.98 Å². The summed E-state index contributed by atoms with van der Waals surface area (Å²) in [4.78, 5) is 6.65. The molecule has 1 aliphatic rings. The molecular weight excluding hydrogens is 224 g/mol. The Morgan fingerprint density at radius 1 is 1.44 bits per heavy atom. The van der Waals surface area contributed by atoms with Crippen molar-refractivity contribution in [3.05, 3.63) is 18.2 Å². The lowest BCUT2D eigenvalue weighted by Gasteiger charge is -2.31. The fraction of sp³-hybridized carbons (Fsp3) is 0.727. The highest BCUT2D eigenvalue weighted by molar-refractivity contribution is 5.85. The maximum atomic E-state index is 4.14. The van der Waals surface area contributed by atoms with Crippen molar-refractivity contribution in [3.8, 4) is 0 Å². The molecule has 0 radical (unpaired) electrons. The lowest BCUT2D eigenvalue weighted by atomic mass is 10.1. The van der Waals surface area contributed by atoms with Crippen LogP contribution in [0.1, 0.15) is 18.5 Å². The van der Waals surface area contributed by atoms with Crippen molar-refractivity contribution in [3.63, 3.8) is 0 Å². The van der Waals surface area contributed by atoms with E-state index in [1.54, 1.807) is 0 Å². The second-order valence-electron chi connectivity index (χ2n) is 4.33. The van der Waals surface area contributed by atoms with Crippen LogP contribution in [0.4, 0.5) is 0 Å². The molecule has 0 bridgehead atoms. The van der Waals surface area contributed by atoms with E-state index in [4.69, 9.17) is 0 Å². The normalized spacial score (nSPS) is 18.4. The molecule has 1 aromatic rings. The topological polar surface area (TPSA) is 33.1 Å². The van der Waals surface area contributed by atoms with Crippen LogP contribution in [0.5, 0.6) is 0 Å². The van der Waals surface area contributed by atoms with E-state index in [0.29, 0.717) is 6.04 Å². The molecule has 5 heteroatoms. The first-order chi connectivity index (χ1) is 7.29. The quantitative estimate of drug-likeness (QED) is 0.862. The highest BCUT2D eigenvalue weighted by atomic mass is 35.5. The van der Waals surface area contributed by atoms with Crippen molar-refractivity contribution in [1.82, 2.24) is 19.8 Å². The minimum atomic E-state index is 0. The first-order valence-electron chi connectivity index (χ1n) is 5.64. The molecule has 0 unspecified atom stereocenters. The van der Waals surface area contributed by atoms with E-state index in [0.717, 1.165) is 6.54 Å². The lowest BCUT2D eigenvalue weighted by Crippen LogP contribution is -2.40. The number of hydrogen-bond donors (Lipinski definition) is 1. The molecule has 1 fully saturated rings. The van der Waals surface area contributed by atoms with Crippen LogP contribution in [-0.4, -0.2) is 40.6 Å². The van der Waals surface area contributed by atoms with Gasteiger partial charge in [0.15, 0.2) is 0 Å². The van der Waals surface area contributed by atoms with Crippen LogP contribution < -0.4 is 5.32 Å². The largest absolute Gasteiger partial charge is 0.337 e. The number of likely N-dealkylation sites (tertiary alicyclic amines) is 1. The third kappa shape index (κ3) is 3.20. The molecule has 1 N–H and O–H groups in total. The summed E-state index contributed by atoms with van der Waals surface area (Å²) in [5, 5.41) is 3.35. The summed E-state index contributed by atoms with van der Waals surface area (Å²) in [6.07, 6.45) is 6.35. The standard InChI is InChI=1S/C11H20N4.ClH/c1-12-10-3-5-15(6-4-10)8-11-7-13-9-14(11)2;/h7,9-10,12H,3-6,8H2,1-2H3;1H. The van der Waals surface area contributed by atoms with Gasteiger partial charge in [-0.1, -0.05) is 0 Å². The van der Waals surface area contributed by atoms with Gasteiger partial charge in [-0.15, -0.1) is 12.4 Å². The first kappa shape index (κ1) is 13.5. The number of aromatic nitrogens is 2. The third-order valence-corrected chi connectivity index (χ3v) is 3.30. The molecular formula is C11H21ClN4. The fourth-order valence-electron chi connectivity index (χ4n) is 2.15. The first-order valence-corrected chi connectivity index (χ1v) is 5.64. The molecule has 0 spiro atoms. The number of halogens is 1. The summed E-state index contributed by atoms with van der Waals surface area (Å²) in [6.45, 7) is 3.42. The molecule has 0 aliphatic carbocycles. The minimum Gasteiger partial charge on any atom is -0.337 e. The Morgan fingerprint density at radius 2 is 2.12 bits per heavy atom. The number of imidazole rings is 1. The predicted molar refractivity (Wildman–Crippen MR) is 67.8 cm³/mol. The van der Waals surface area contributed by atoms with Gasteiger partial charge < -0.3 is 9.88 Å². The Morgan fingerprint density at radius 3 is 2.62 bits per heavy atom. The van der Waals surface area contributed by atoms with Gasteiger partial charge in [0.1, 0.15) is 0 Å². The Balaban J connectivity index is 0.00000128. The lowest BCUT2D eigenvalue weighted by molar-refractivity contribution is 0.191. The zero-order valence-electron chi connectivity index (χ0n) is 10.0. The SMILES string of the molecule is CNC1CCN(Cc2cncn2C)CC1.Cl. The highest BCUT2D eigenvalue weighted by Crippen LogP contribution is 2.12. The predicted octanol–water partition coefficient (Wildman–Crippen LogP) is 1.03. The number of hydrogen-bond acceptors (Lipinski definition) is 3. The highest BCUT2D eigenvalue weighted by Gasteiger charge is 2.18. The molecule has 0 amide bonds. The smallest absolute Gasteiger partial charge is 0.0945 e. The van der Waals surface area contributed by atoms with Crippen LogP contribution >= 0.6 is 12.4 Å². The van der Waals surface area contributed by atoms with E-state index in [1.165, 1.54) is 31.6 Å². The number of nitrogens with zero attached hydrogens (tertiary/aromatic N) is 3. The Bertz CT molecular complexity index is 305. The van der Waals surface area contributed by atoms with Crippen LogP contribution in [0.25, 0.3) is 0 Å². The molecule has 4 nitrogen and oxygen atoms in total. The average Bonchev–Trinajstić information content (AvgIpc) is 2.66. The maximum Gasteiger partial charge on any atom is 0.0945 e. The maximum absolute atomic E-state index is 4.14. The zero-order valence-corrected chi connectivity index (χ0v) is 10.8. The Labute approximate surface area is 103 Å². The molecule has 0 aromatic carbocycles. The number of aryl methyl sites for hydroxylation is 1. The third-order valence-electron chi connectivity index (χ3n) is 3.30. The Kier molecular flexibility index (Phi) is 5.25. The van der Waals surface area contributed by atoms with Crippen molar-refractivity contribution < 1.29 is 0 Å². The summed E-state index contributed by atoms with van der Waals surface area (Å²) in [5.41, 5.74) is 1.30. The van der Waals surface area contributed by atoms with Crippen LogP contribution in [-0.2, 0) is 13.6 Å². The van der Waals surface area contributed by atoms with E-state index in [1.807, 2.05) is 12.5 Å². The van der Waals surface area contributed by atoms with Gasteiger partial charge in [0, 0.05) is 38.9 Å². The molecule has 1 aromatic heterocycles. The number of rotatable bonds is 3.